The van der Waals surface area contributed by atoms with Crippen LogP contribution >= 0.6 is 34.4 Å². The summed E-state index contributed by atoms with van der Waals surface area (Å²) in [5.74, 6) is 0.581. The summed E-state index contributed by atoms with van der Waals surface area (Å²) in [6, 6.07) is 25.5. The molecule has 1 aliphatic heterocycles. The molecule has 6 heteroatoms. The van der Waals surface area contributed by atoms with E-state index >= 15 is 0 Å². The van der Waals surface area contributed by atoms with E-state index < -0.39 is 0 Å². The number of benzene rings is 3. The summed E-state index contributed by atoms with van der Waals surface area (Å²) in [6.07, 6.45) is 1.85. The molecule has 0 unspecified atom stereocenters. The summed E-state index contributed by atoms with van der Waals surface area (Å²) in [5, 5.41) is 3.42. The number of hydrogen-bond donors (Lipinski definition) is 1. The van der Waals surface area contributed by atoms with Gasteiger partial charge in [-0.2, -0.15) is 0 Å². The topological polar surface area (TPSA) is 50.7 Å². The van der Waals surface area contributed by atoms with Gasteiger partial charge in [0.05, 0.1) is 10.6 Å². The Morgan fingerprint density at radius 2 is 1.69 bits per heavy atom. The van der Waals surface area contributed by atoms with E-state index in [4.69, 9.17) is 4.74 Å². The molecule has 0 atom stereocenters. The predicted molar refractivity (Wildman–Crippen MR) is 127 cm³/mol. The van der Waals surface area contributed by atoms with Gasteiger partial charge in [-0.05, 0) is 64.2 Å². The Kier molecular flexibility index (Phi) is 6.31. The first-order chi connectivity index (χ1) is 14.2. The normalized spacial score (nSPS) is 16.2. The lowest BCUT2D eigenvalue weighted by atomic mass is 10.2. The van der Waals surface area contributed by atoms with Gasteiger partial charge in [0.15, 0.2) is 5.17 Å². The van der Waals surface area contributed by atoms with Crippen molar-refractivity contribution >= 4 is 57.2 Å². The third-order valence-corrected chi connectivity index (χ3v) is 5.99. The third-order valence-electron chi connectivity index (χ3n) is 4.17. The molecule has 0 bridgehead atoms. The first-order valence-corrected chi connectivity index (χ1v) is 10.9. The Balaban J connectivity index is 1.54. The van der Waals surface area contributed by atoms with Gasteiger partial charge < -0.3 is 10.1 Å². The van der Waals surface area contributed by atoms with E-state index in [9.17, 15) is 4.79 Å². The minimum Gasteiger partial charge on any atom is -0.488 e. The second-order valence-corrected chi connectivity index (χ2v) is 8.44. The second-order valence-electron chi connectivity index (χ2n) is 6.25. The average Bonchev–Trinajstić information content (AvgIpc) is 3.08. The summed E-state index contributed by atoms with van der Waals surface area (Å²) in [6.45, 7) is 0.472. The van der Waals surface area contributed by atoms with E-state index in [2.05, 4.69) is 32.9 Å². The molecule has 1 saturated heterocycles. The standard InChI is InChI=1S/C23H17IN2O2S/c24-18-11-5-6-12-19(18)25-23-26-22(27)21(29-23)14-17-10-4-7-13-20(17)28-15-16-8-2-1-3-9-16/h1-14H,15H2,(H,25,26,27)/b21-14+. The Morgan fingerprint density at radius 3 is 2.52 bits per heavy atom. The van der Waals surface area contributed by atoms with Crippen LogP contribution in [-0.4, -0.2) is 11.1 Å². The summed E-state index contributed by atoms with van der Waals surface area (Å²) < 4.78 is 7.02. The van der Waals surface area contributed by atoms with Gasteiger partial charge in [-0.1, -0.05) is 60.7 Å². The summed E-state index contributed by atoms with van der Waals surface area (Å²) in [4.78, 5) is 17.6. The van der Waals surface area contributed by atoms with E-state index in [0.29, 0.717) is 16.7 Å². The molecule has 1 fully saturated rings. The van der Waals surface area contributed by atoms with Crippen molar-refractivity contribution in [3.05, 3.63) is 98.5 Å². The van der Waals surface area contributed by atoms with E-state index in [-0.39, 0.29) is 5.91 Å². The van der Waals surface area contributed by atoms with Gasteiger partial charge in [0, 0.05) is 9.13 Å². The number of ether oxygens (including phenoxy) is 1. The summed E-state index contributed by atoms with van der Waals surface area (Å²) >= 11 is 3.57. The van der Waals surface area contributed by atoms with Crippen LogP contribution < -0.4 is 10.1 Å². The number of amidine groups is 1. The second kappa shape index (κ2) is 9.28. The Bertz CT molecular complexity index is 1100. The van der Waals surface area contributed by atoms with Gasteiger partial charge >= 0.3 is 0 Å². The molecule has 4 nitrogen and oxygen atoms in total. The van der Waals surface area contributed by atoms with E-state index in [1.165, 1.54) is 11.8 Å². The van der Waals surface area contributed by atoms with Crippen LogP contribution in [0.15, 0.2) is 88.8 Å². The molecule has 1 aliphatic rings. The first-order valence-electron chi connectivity index (χ1n) is 8.99. The van der Waals surface area contributed by atoms with Crippen LogP contribution in [0, 0.1) is 3.57 Å². The van der Waals surface area contributed by atoms with E-state index in [1.54, 1.807) is 0 Å². The Hall–Kier alpha value is -2.58. The van der Waals surface area contributed by atoms with Crippen molar-refractivity contribution in [2.75, 3.05) is 0 Å². The van der Waals surface area contributed by atoms with Crippen LogP contribution in [0.1, 0.15) is 11.1 Å². The van der Waals surface area contributed by atoms with Crippen molar-refractivity contribution in [3.63, 3.8) is 0 Å². The monoisotopic (exact) mass is 512 g/mol. The number of hydrogen-bond acceptors (Lipinski definition) is 4. The average molecular weight is 512 g/mol. The fraction of sp³-hybridized carbons (Fsp3) is 0.0435. The van der Waals surface area contributed by atoms with Gasteiger partial charge in [-0.3, -0.25) is 4.79 Å². The van der Waals surface area contributed by atoms with Gasteiger partial charge in [-0.25, -0.2) is 4.99 Å². The molecule has 0 radical (unpaired) electrons. The number of carbonyl (C=O) groups is 1. The molecule has 0 spiro atoms. The molecule has 1 heterocycles. The molecule has 0 saturated carbocycles. The third kappa shape index (κ3) is 5.07. The highest BCUT2D eigenvalue weighted by molar-refractivity contribution is 14.1. The van der Waals surface area contributed by atoms with Gasteiger partial charge in [0.25, 0.3) is 5.91 Å². The number of rotatable bonds is 5. The van der Waals surface area contributed by atoms with Gasteiger partial charge in [-0.15, -0.1) is 0 Å². The highest BCUT2D eigenvalue weighted by Crippen LogP contribution is 2.31. The number of para-hydroxylation sites is 2. The lowest BCUT2D eigenvalue weighted by Gasteiger charge is -2.09. The van der Waals surface area contributed by atoms with Crippen LogP contribution in [0.4, 0.5) is 5.69 Å². The molecule has 1 amide bonds. The fourth-order valence-corrected chi connectivity index (χ4v) is 4.07. The first kappa shape index (κ1) is 19.7. The maximum atomic E-state index is 12.4. The number of amides is 1. The van der Waals surface area contributed by atoms with Crippen molar-refractivity contribution in [1.29, 1.82) is 0 Å². The molecule has 1 N–H and O–H groups in total. The zero-order valence-electron chi connectivity index (χ0n) is 15.3. The number of carbonyl (C=O) groups excluding carboxylic acids is 1. The number of thioether (sulfide) groups is 1. The van der Waals surface area contributed by atoms with Crippen LogP contribution in [-0.2, 0) is 11.4 Å². The predicted octanol–water partition coefficient (Wildman–Crippen LogP) is 5.76. The molecule has 3 aromatic rings. The molecule has 3 aromatic carbocycles. The van der Waals surface area contributed by atoms with Crippen LogP contribution in [0.25, 0.3) is 6.08 Å². The maximum absolute atomic E-state index is 12.4. The molecular formula is C23H17IN2O2S. The fourth-order valence-electron chi connectivity index (χ4n) is 2.74. The van der Waals surface area contributed by atoms with Crippen LogP contribution in [0.2, 0.25) is 0 Å². The van der Waals surface area contributed by atoms with Crippen molar-refractivity contribution in [1.82, 2.24) is 5.32 Å². The molecule has 4 rings (SSSR count). The smallest absolute Gasteiger partial charge is 0.264 e. The van der Waals surface area contributed by atoms with Crippen molar-refractivity contribution in [2.24, 2.45) is 4.99 Å². The number of nitrogens with zero attached hydrogens (tertiary/aromatic N) is 1. The summed E-state index contributed by atoms with van der Waals surface area (Å²) in [5.41, 5.74) is 2.79. The lowest BCUT2D eigenvalue weighted by molar-refractivity contribution is -0.115. The quantitative estimate of drug-likeness (QED) is 0.349. The molecule has 0 aromatic heterocycles. The minimum absolute atomic E-state index is 0.155. The minimum atomic E-state index is -0.155. The number of halogens is 1. The summed E-state index contributed by atoms with van der Waals surface area (Å²) in [7, 11) is 0. The SMILES string of the molecule is O=C1NC(=Nc2ccccc2I)S/C1=C/c1ccccc1OCc1ccccc1. The highest BCUT2D eigenvalue weighted by Gasteiger charge is 2.24. The van der Waals surface area contributed by atoms with E-state index in [0.717, 1.165) is 26.1 Å². The number of nitrogens with one attached hydrogen (secondary N) is 1. The van der Waals surface area contributed by atoms with E-state index in [1.807, 2.05) is 84.9 Å². The zero-order valence-corrected chi connectivity index (χ0v) is 18.3. The highest BCUT2D eigenvalue weighted by atomic mass is 127. The van der Waals surface area contributed by atoms with Crippen molar-refractivity contribution < 1.29 is 9.53 Å². The molecule has 144 valence electrons. The number of aliphatic imine (C=N–C) groups is 1. The molecule has 0 aliphatic carbocycles. The van der Waals surface area contributed by atoms with Gasteiger partial charge in [0.1, 0.15) is 12.4 Å². The molecule has 29 heavy (non-hydrogen) atoms. The lowest BCUT2D eigenvalue weighted by Crippen LogP contribution is -2.19. The zero-order chi connectivity index (χ0) is 20.1. The largest absolute Gasteiger partial charge is 0.488 e. The Labute approximate surface area is 187 Å². The maximum Gasteiger partial charge on any atom is 0.264 e. The van der Waals surface area contributed by atoms with Crippen molar-refractivity contribution in [3.8, 4) is 5.75 Å². The van der Waals surface area contributed by atoms with Crippen molar-refractivity contribution in [2.45, 2.75) is 6.61 Å². The van der Waals surface area contributed by atoms with Gasteiger partial charge in [0.2, 0.25) is 0 Å². The van der Waals surface area contributed by atoms with Crippen LogP contribution in [0.3, 0.4) is 0 Å². The Morgan fingerprint density at radius 1 is 0.966 bits per heavy atom. The van der Waals surface area contributed by atoms with Crippen LogP contribution in [0.5, 0.6) is 5.75 Å². The molecular weight excluding hydrogens is 495 g/mol.